The van der Waals surface area contributed by atoms with Crippen LogP contribution in [-0.4, -0.2) is 77.8 Å². The first-order valence-electron chi connectivity index (χ1n) is 16.6. The molecular weight excluding hydrogens is 636 g/mol. The van der Waals surface area contributed by atoms with Crippen LogP contribution in [0.1, 0.15) is 20.7 Å². The summed E-state index contributed by atoms with van der Waals surface area (Å²) < 4.78 is 36.1. The molecule has 5 aromatic rings. The largest absolute Gasteiger partial charge is 0.487 e. The van der Waals surface area contributed by atoms with Crippen LogP contribution in [-0.2, 0) is 9.47 Å². The maximum atomic E-state index is 12.9. The Morgan fingerprint density at radius 3 is 1.22 bits per heavy atom. The molecule has 0 saturated carbocycles. The lowest BCUT2D eigenvalue weighted by Crippen LogP contribution is -2.32. The number of hydrogen-bond donors (Lipinski definition) is 2. The molecule has 0 aromatic heterocycles. The molecule has 0 fully saturated rings. The Bertz CT molecular complexity index is 1820. The SMILES string of the molecule is C=C1COc2cc3ccccc3cc2OCCOCCNC(=O)c2ccccc2C(=O)NCCOCCOc2cc3ccccc3cc2OC1. The number of carbonyl (C=O) groups is 2. The van der Waals surface area contributed by atoms with Gasteiger partial charge in [0.05, 0.1) is 37.6 Å². The van der Waals surface area contributed by atoms with Gasteiger partial charge in [0.2, 0.25) is 0 Å². The fraction of sp³-hybridized carbons (Fsp3) is 0.250. The minimum absolute atomic E-state index is 0.210. The van der Waals surface area contributed by atoms with Gasteiger partial charge >= 0.3 is 0 Å². The highest BCUT2D eigenvalue weighted by Gasteiger charge is 2.17. The lowest BCUT2D eigenvalue weighted by Gasteiger charge is -2.17. The number of carbonyl (C=O) groups excluding carboxylic acids is 2. The number of rotatable bonds is 0. The van der Waals surface area contributed by atoms with Crippen molar-refractivity contribution >= 4 is 33.4 Å². The number of benzene rings is 5. The summed E-state index contributed by atoms with van der Waals surface area (Å²) in [6.45, 7) is 6.79. The van der Waals surface area contributed by atoms with Gasteiger partial charge in [0.15, 0.2) is 23.0 Å². The lowest BCUT2D eigenvalue weighted by atomic mass is 10.1. The van der Waals surface area contributed by atoms with E-state index < -0.39 is 0 Å². The van der Waals surface area contributed by atoms with Crippen LogP contribution in [0.2, 0.25) is 0 Å². The van der Waals surface area contributed by atoms with Crippen molar-refractivity contribution in [1.82, 2.24) is 10.6 Å². The highest BCUT2D eigenvalue weighted by atomic mass is 16.6. The zero-order chi connectivity index (χ0) is 34.5. The third-order valence-electron chi connectivity index (χ3n) is 7.94. The van der Waals surface area contributed by atoms with Crippen molar-refractivity contribution in [3.8, 4) is 23.0 Å². The van der Waals surface area contributed by atoms with Crippen LogP contribution in [0.15, 0.2) is 109 Å². The molecule has 1 aliphatic heterocycles. The number of nitrogens with one attached hydrogen (secondary N) is 2. The van der Waals surface area contributed by atoms with Gasteiger partial charge in [-0.2, -0.15) is 0 Å². The van der Waals surface area contributed by atoms with Gasteiger partial charge in [0.25, 0.3) is 11.8 Å². The molecule has 0 atom stereocenters. The summed E-state index contributed by atoms with van der Waals surface area (Å²) in [5.41, 5.74) is 1.28. The average Bonchev–Trinajstić information content (AvgIpc) is 3.14. The van der Waals surface area contributed by atoms with Crippen LogP contribution < -0.4 is 29.6 Å². The van der Waals surface area contributed by atoms with Gasteiger partial charge < -0.3 is 39.1 Å². The summed E-state index contributed by atoms with van der Waals surface area (Å²) in [7, 11) is 0. The molecule has 1 aliphatic rings. The summed E-state index contributed by atoms with van der Waals surface area (Å²) in [6, 6.07) is 30.4. The van der Waals surface area contributed by atoms with Gasteiger partial charge in [-0.15, -0.1) is 0 Å². The summed E-state index contributed by atoms with van der Waals surface area (Å²) >= 11 is 0. The second kappa shape index (κ2) is 17.2. The van der Waals surface area contributed by atoms with Gasteiger partial charge in [0, 0.05) is 13.1 Å². The van der Waals surface area contributed by atoms with E-state index in [0.717, 1.165) is 27.1 Å². The van der Waals surface area contributed by atoms with Gasteiger partial charge in [-0.3, -0.25) is 9.59 Å². The van der Waals surface area contributed by atoms with Crippen LogP contribution in [0.5, 0.6) is 23.0 Å². The summed E-state index contributed by atoms with van der Waals surface area (Å²) in [6.07, 6.45) is 0. The molecule has 0 bridgehead atoms. The number of fused-ring (bicyclic) bond motifs is 5. The van der Waals surface area contributed by atoms with E-state index in [0.29, 0.717) is 36.2 Å². The minimum Gasteiger partial charge on any atom is -0.487 e. The van der Waals surface area contributed by atoms with Crippen molar-refractivity contribution in [2.24, 2.45) is 0 Å². The van der Waals surface area contributed by atoms with Gasteiger partial charge in [-0.05, 0) is 63.5 Å². The van der Waals surface area contributed by atoms with E-state index in [1.807, 2.05) is 72.8 Å². The Labute approximate surface area is 290 Å². The van der Waals surface area contributed by atoms with E-state index in [1.165, 1.54) is 0 Å². The maximum absolute atomic E-state index is 12.9. The van der Waals surface area contributed by atoms with Crippen molar-refractivity contribution in [3.05, 3.63) is 120 Å². The predicted octanol–water partition coefficient (Wildman–Crippen LogP) is 5.97. The quantitative estimate of drug-likeness (QED) is 0.193. The Morgan fingerprint density at radius 2 is 0.820 bits per heavy atom. The van der Waals surface area contributed by atoms with Gasteiger partial charge in [-0.1, -0.05) is 67.2 Å². The summed E-state index contributed by atoms with van der Waals surface area (Å²) in [5.74, 6) is 1.58. The molecule has 5 aromatic carbocycles. The van der Waals surface area contributed by atoms with Crippen LogP contribution >= 0.6 is 0 Å². The van der Waals surface area contributed by atoms with E-state index in [9.17, 15) is 9.59 Å². The topological polar surface area (TPSA) is 114 Å². The van der Waals surface area contributed by atoms with Crippen LogP contribution in [0.4, 0.5) is 0 Å². The van der Waals surface area contributed by atoms with Crippen molar-refractivity contribution in [2.45, 2.75) is 0 Å². The number of hydrogen-bond acceptors (Lipinski definition) is 8. The van der Waals surface area contributed by atoms with E-state index >= 15 is 0 Å². The second-order valence-corrected chi connectivity index (χ2v) is 11.6. The normalized spacial score (nSPS) is 16.1. The zero-order valence-electron chi connectivity index (χ0n) is 27.8. The molecule has 10 heteroatoms. The fourth-order valence-electron chi connectivity index (χ4n) is 5.42. The molecule has 10 nitrogen and oxygen atoms in total. The van der Waals surface area contributed by atoms with Crippen molar-refractivity contribution in [2.75, 3.05) is 65.9 Å². The third kappa shape index (κ3) is 9.10. The second-order valence-electron chi connectivity index (χ2n) is 11.6. The van der Waals surface area contributed by atoms with Crippen molar-refractivity contribution in [3.63, 3.8) is 0 Å². The standard InChI is InChI=1S/C40H40N2O8/c1-28-26-49-37-24-31-10-4-2-8-29(31)22-35(37)47-20-18-45-16-14-41-39(43)33-12-6-7-13-34(33)40(44)42-15-17-46-19-21-48-36-23-30-9-3-5-11-32(30)25-38(36)50-27-28/h2-13,22-25H,1,14-21,26-27H2,(H,41,43)(H,42,44). The molecule has 1 heterocycles. The minimum atomic E-state index is -0.363. The Balaban J connectivity index is 1.17. The first-order valence-corrected chi connectivity index (χ1v) is 16.6. The van der Waals surface area contributed by atoms with E-state index in [2.05, 4.69) is 17.2 Å². The van der Waals surface area contributed by atoms with E-state index in [1.54, 1.807) is 24.3 Å². The number of amides is 2. The van der Waals surface area contributed by atoms with Crippen LogP contribution in [0.25, 0.3) is 21.5 Å². The molecule has 0 spiro atoms. The fourth-order valence-corrected chi connectivity index (χ4v) is 5.42. The van der Waals surface area contributed by atoms with E-state index in [4.69, 9.17) is 28.4 Å². The molecule has 0 aliphatic carbocycles. The average molecular weight is 677 g/mol. The molecule has 258 valence electrons. The highest BCUT2D eigenvalue weighted by molar-refractivity contribution is 6.07. The van der Waals surface area contributed by atoms with Crippen molar-refractivity contribution < 1.29 is 38.0 Å². The molecule has 6 rings (SSSR count). The predicted molar refractivity (Wildman–Crippen MR) is 192 cm³/mol. The Morgan fingerprint density at radius 1 is 0.460 bits per heavy atom. The van der Waals surface area contributed by atoms with E-state index in [-0.39, 0.29) is 75.7 Å². The smallest absolute Gasteiger partial charge is 0.252 e. The molecule has 2 amide bonds. The highest BCUT2D eigenvalue weighted by Crippen LogP contribution is 2.34. The van der Waals surface area contributed by atoms with Gasteiger partial charge in [-0.25, -0.2) is 0 Å². The lowest BCUT2D eigenvalue weighted by molar-refractivity contribution is 0.0840. The molecule has 0 radical (unpaired) electrons. The summed E-state index contributed by atoms with van der Waals surface area (Å²) in [5, 5.41) is 9.70. The van der Waals surface area contributed by atoms with Crippen LogP contribution in [0.3, 0.4) is 0 Å². The third-order valence-corrected chi connectivity index (χ3v) is 7.94. The molecule has 0 saturated heterocycles. The Hall–Kier alpha value is -5.58. The Kier molecular flexibility index (Phi) is 11.8. The maximum Gasteiger partial charge on any atom is 0.252 e. The number of ether oxygens (including phenoxy) is 6. The zero-order valence-corrected chi connectivity index (χ0v) is 27.8. The molecule has 50 heavy (non-hydrogen) atoms. The first kappa shape index (κ1) is 34.3. The summed E-state index contributed by atoms with van der Waals surface area (Å²) in [4.78, 5) is 25.8. The molecule has 2 N–H and O–H groups in total. The molecule has 0 unspecified atom stereocenters. The molecular formula is C40H40N2O8. The first-order chi connectivity index (χ1) is 24.5. The van der Waals surface area contributed by atoms with Gasteiger partial charge in [0.1, 0.15) is 26.4 Å². The van der Waals surface area contributed by atoms with Crippen LogP contribution in [0, 0.1) is 0 Å². The van der Waals surface area contributed by atoms with Crippen molar-refractivity contribution in [1.29, 1.82) is 0 Å². The monoisotopic (exact) mass is 676 g/mol.